The normalized spacial score (nSPS) is 25.9. The van der Waals surface area contributed by atoms with Gasteiger partial charge in [-0.25, -0.2) is 4.39 Å². The van der Waals surface area contributed by atoms with Gasteiger partial charge in [0.2, 0.25) is 0 Å². The van der Waals surface area contributed by atoms with Crippen molar-refractivity contribution in [3.8, 4) is 0 Å². The van der Waals surface area contributed by atoms with Crippen molar-refractivity contribution in [2.45, 2.75) is 30.5 Å². The first-order valence-electron chi connectivity index (χ1n) is 4.85. The lowest BCUT2D eigenvalue weighted by molar-refractivity contribution is 0.168. The van der Waals surface area contributed by atoms with Crippen LogP contribution in [0.5, 0.6) is 0 Å². The van der Waals surface area contributed by atoms with Gasteiger partial charge in [0.15, 0.2) is 0 Å². The molecular formula is C11H12ClFOS. The number of aliphatic hydroxyl groups excluding tert-OH is 1. The molecular weight excluding hydrogens is 235 g/mol. The first-order chi connectivity index (χ1) is 7.08. The summed E-state index contributed by atoms with van der Waals surface area (Å²) in [5.74, 6) is 0.300. The van der Waals surface area contributed by atoms with Crippen molar-refractivity contribution >= 4 is 23.4 Å². The Labute approximate surface area is 97.6 Å². The van der Waals surface area contributed by atoms with E-state index in [0.29, 0.717) is 33.6 Å². The maximum absolute atomic E-state index is 13.6. The largest absolute Gasteiger partial charge is 0.388 e. The smallest absolute Gasteiger partial charge is 0.129 e. The van der Waals surface area contributed by atoms with E-state index in [4.69, 9.17) is 11.6 Å². The fourth-order valence-corrected chi connectivity index (χ4v) is 3.10. The van der Waals surface area contributed by atoms with Crippen molar-refractivity contribution in [3.63, 3.8) is 0 Å². The second kappa shape index (κ2) is 4.32. The molecule has 0 amide bonds. The summed E-state index contributed by atoms with van der Waals surface area (Å²) in [5.41, 5.74) is 1.25. The quantitative estimate of drug-likeness (QED) is 0.756. The molecule has 1 aliphatic heterocycles. The zero-order valence-electron chi connectivity index (χ0n) is 8.34. The zero-order valence-corrected chi connectivity index (χ0v) is 9.91. The highest BCUT2D eigenvalue weighted by Gasteiger charge is 2.23. The molecule has 1 heterocycles. The number of fused-ring (bicyclic) bond motifs is 1. The van der Waals surface area contributed by atoms with Crippen LogP contribution in [0.4, 0.5) is 4.39 Å². The maximum atomic E-state index is 13.6. The summed E-state index contributed by atoms with van der Waals surface area (Å²) < 4.78 is 13.6. The van der Waals surface area contributed by atoms with Gasteiger partial charge >= 0.3 is 0 Å². The third-order valence-electron chi connectivity index (χ3n) is 2.62. The van der Waals surface area contributed by atoms with Crippen molar-refractivity contribution in [2.75, 3.05) is 0 Å². The second-order valence-electron chi connectivity index (χ2n) is 3.83. The molecule has 2 atom stereocenters. The van der Waals surface area contributed by atoms with Crippen LogP contribution in [0.3, 0.4) is 0 Å². The summed E-state index contributed by atoms with van der Waals surface area (Å²) in [5, 5.41) is 10.6. The van der Waals surface area contributed by atoms with Crippen molar-refractivity contribution in [2.24, 2.45) is 0 Å². The summed E-state index contributed by atoms with van der Waals surface area (Å²) in [4.78, 5) is 0. The zero-order chi connectivity index (χ0) is 11.0. The number of halogens is 2. The topological polar surface area (TPSA) is 20.2 Å². The lowest BCUT2D eigenvalue weighted by Crippen LogP contribution is -2.04. The molecule has 1 aromatic rings. The summed E-state index contributed by atoms with van der Waals surface area (Å²) in [7, 11) is 0. The predicted molar refractivity (Wildman–Crippen MR) is 61.7 cm³/mol. The van der Waals surface area contributed by atoms with E-state index in [9.17, 15) is 9.50 Å². The number of aliphatic hydroxyl groups is 1. The van der Waals surface area contributed by atoms with Crippen LogP contribution < -0.4 is 0 Å². The van der Waals surface area contributed by atoms with Crippen molar-refractivity contribution in [1.29, 1.82) is 0 Å². The van der Waals surface area contributed by atoms with E-state index in [0.717, 1.165) is 0 Å². The highest BCUT2D eigenvalue weighted by atomic mass is 35.5. The Morgan fingerprint density at radius 3 is 3.00 bits per heavy atom. The van der Waals surface area contributed by atoms with Gasteiger partial charge in [0.05, 0.1) is 6.10 Å². The number of hydrogen-bond acceptors (Lipinski definition) is 2. The van der Waals surface area contributed by atoms with Crippen LogP contribution in [0.1, 0.15) is 30.6 Å². The minimum atomic E-state index is -0.599. The van der Waals surface area contributed by atoms with E-state index in [1.165, 1.54) is 6.07 Å². The Kier molecular flexibility index (Phi) is 3.24. The van der Waals surface area contributed by atoms with Gasteiger partial charge in [0.1, 0.15) is 5.82 Å². The van der Waals surface area contributed by atoms with E-state index in [-0.39, 0.29) is 5.82 Å². The van der Waals surface area contributed by atoms with E-state index in [1.54, 1.807) is 17.8 Å². The third kappa shape index (κ3) is 2.30. The number of rotatable bonds is 0. The molecule has 1 aromatic carbocycles. The molecule has 1 unspecified atom stereocenters. The summed E-state index contributed by atoms with van der Waals surface area (Å²) >= 11 is 7.44. The molecule has 0 aromatic heterocycles. The average molecular weight is 247 g/mol. The number of hydrogen-bond donors (Lipinski definition) is 1. The molecule has 1 N–H and O–H groups in total. The van der Waals surface area contributed by atoms with E-state index in [2.05, 4.69) is 0 Å². The molecule has 82 valence electrons. The fraction of sp³-hybridized carbons (Fsp3) is 0.455. The molecule has 1 aliphatic rings. The van der Waals surface area contributed by atoms with Crippen molar-refractivity contribution in [3.05, 3.63) is 34.1 Å². The molecule has 4 heteroatoms. The standard InChI is InChI=1S/C11H12ClFOS/c1-6-2-11(14)8-3-7(12)4-10(13)9(8)5-15-6/h3-4,6,11,14H,2,5H2,1H3/t6?,11-/m0/s1. The molecule has 0 bridgehead atoms. The average Bonchev–Trinajstić information content (AvgIpc) is 2.27. The van der Waals surface area contributed by atoms with E-state index >= 15 is 0 Å². The first-order valence-corrected chi connectivity index (χ1v) is 6.28. The van der Waals surface area contributed by atoms with Crippen LogP contribution in [0.25, 0.3) is 0 Å². The monoisotopic (exact) mass is 246 g/mol. The van der Waals surface area contributed by atoms with Gasteiger partial charge in [0.25, 0.3) is 0 Å². The van der Waals surface area contributed by atoms with Crippen LogP contribution in [0.15, 0.2) is 12.1 Å². The maximum Gasteiger partial charge on any atom is 0.129 e. The van der Waals surface area contributed by atoms with E-state index in [1.807, 2.05) is 6.92 Å². The van der Waals surface area contributed by atoms with Gasteiger partial charge in [-0.2, -0.15) is 11.8 Å². The first kappa shape index (κ1) is 11.2. The second-order valence-corrected chi connectivity index (χ2v) is 5.69. The molecule has 0 spiro atoms. The Hall–Kier alpha value is -0.250. The van der Waals surface area contributed by atoms with Crippen LogP contribution in [-0.4, -0.2) is 10.4 Å². The lowest BCUT2D eigenvalue weighted by Gasteiger charge is -2.13. The predicted octanol–water partition coefficient (Wildman–Crippen LogP) is 3.54. The molecule has 0 fully saturated rings. The Morgan fingerprint density at radius 1 is 1.53 bits per heavy atom. The van der Waals surface area contributed by atoms with Gasteiger partial charge in [-0.3, -0.25) is 0 Å². The Bertz CT molecular complexity index is 383. The Balaban J connectivity index is 2.48. The minimum absolute atomic E-state index is 0.307. The van der Waals surface area contributed by atoms with Gasteiger partial charge in [0, 0.05) is 21.6 Å². The molecule has 15 heavy (non-hydrogen) atoms. The summed E-state index contributed by atoms with van der Waals surface area (Å²) in [6.07, 6.45) is 0.0514. The van der Waals surface area contributed by atoms with E-state index < -0.39 is 6.10 Å². The Morgan fingerprint density at radius 2 is 2.27 bits per heavy atom. The summed E-state index contributed by atoms with van der Waals surface area (Å²) in [6, 6.07) is 2.98. The summed E-state index contributed by atoms with van der Waals surface area (Å²) in [6.45, 7) is 2.04. The molecule has 1 nitrogen and oxygen atoms in total. The van der Waals surface area contributed by atoms with Crippen molar-refractivity contribution < 1.29 is 9.50 Å². The molecule has 2 rings (SSSR count). The molecule has 0 aliphatic carbocycles. The fourth-order valence-electron chi connectivity index (χ4n) is 1.81. The highest BCUT2D eigenvalue weighted by molar-refractivity contribution is 7.99. The lowest BCUT2D eigenvalue weighted by atomic mass is 10.00. The van der Waals surface area contributed by atoms with Gasteiger partial charge in [-0.15, -0.1) is 0 Å². The van der Waals surface area contributed by atoms with Crippen LogP contribution in [0, 0.1) is 5.82 Å². The third-order valence-corrected chi connectivity index (χ3v) is 4.06. The van der Waals surface area contributed by atoms with Gasteiger partial charge in [-0.05, 0) is 24.1 Å². The van der Waals surface area contributed by atoms with Crippen LogP contribution in [-0.2, 0) is 5.75 Å². The SMILES string of the molecule is CC1C[C@H](O)c2cc(Cl)cc(F)c2CS1. The highest BCUT2D eigenvalue weighted by Crippen LogP contribution is 2.37. The van der Waals surface area contributed by atoms with Crippen LogP contribution in [0.2, 0.25) is 5.02 Å². The minimum Gasteiger partial charge on any atom is -0.388 e. The molecule has 0 radical (unpaired) electrons. The molecule has 0 saturated carbocycles. The van der Waals surface area contributed by atoms with Crippen LogP contribution >= 0.6 is 23.4 Å². The van der Waals surface area contributed by atoms with Gasteiger partial charge < -0.3 is 5.11 Å². The number of benzene rings is 1. The van der Waals surface area contributed by atoms with Gasteiger partial charge in [-0.1, -0.05) is 18.5 Å². The molecule has 0 saturated heterocycles. The van der Waals surface area contributed by atoms with Crippen molar-refractivity contribution in [1.82, 2.24) is 0 Å². The number of thioether (sulfide) groups is 1.